The number of sulfonamides is 1. The van der Waals surface area contributed by atoms with E-state index in [1.165, 1.54) is 15.2 Å². The molecule has 7 heteroatoms. The van der Waals surface area contributed by atoms with Gasteiger partial charge in [0.1, 0.15) is 5.15 Å². The molecule has 0 N–H and O–H groups in total. The molecule has 0 bridgehead atoms. The number of halogens is 1. The molecule has 0 amide bonds. The highest BCUT2D eigenvalue weighted by Gasteiger charge is 2.30. The zero-order chi connectivity index (χ0) is 13.2. The molecule has 1 aromatic rings. The third kappa shape index (κ3) is 2.81. The van der Waals surface area contributed by atoms with Gasteiger partial charge in [-0.1, -0.05) is 18.5 Å². The van der Waals surface area contributed by atoms with Crippen LogP contribution in [0.2, 0.25) is 5.15 Å². The summed E-state index contributed by atoms with van der Waals surface area (Å²) in [5.74, 6) is 0. The zero-order valence-electron chi connectivity index (χ0n) is 10.5. The summed E-state index contributed by atoms with van der Waals surface area (Å²) in [6.45, 7) is 6.08. The molecule has 0 aliphatic carbocycles. The van der Waals surface area contributed by atoms with E-state index >= 15 is 0 Å². The fourth-order valence-electron chi connectivity index (χ4n) is 1.55. The van der Waals surface area contributed by atoms with E-state index in [2.05, 4.69) is 4.98 Å². The molecule has 0 aromatic carbocycles. The number of imidazole rings is 1. The Balaban J connectivity index is 3.21. The summed E-state index contributed by atoms with van der Waals surface area (Å²) in [7, 11) is -1.94. The molecule has 1 aromatic heterocycles. The monoisotopic (exact) mass is 279 g/mol. The lowest BCUT2D eigenvalue weighted by Crippen LogP contribution is -2.37. The first-order valence-electron chi connectivity index (χ1n) is 5.51. The van der Waals surface area contributed by atoms with Crippen molar-refractivity contribution in [3.05, 3.63) is 11.5 Å². The third-order valence-electron chi connectivity index (χ3n) is 2.41. The summed E-state index contributed by atoms with van der Waals surface area (Å²) in [4.78, 5) is 3.87. The van der Waals surface area contributed by atoms with E-state index in [4.69, 9.17) is 11.6 Å². The molecule has 0 saturated heterocycles. The largest absolute Gasteiger partial charge is 0.324 e. The van der Waals surface area contributed by atoms with Gasteiger partial charge < -0.3 is 4.57 Å². The van der Waals surface area contributed by atoms with Crippen LogP contribution >= 0.6 is 11.6 Å². The minimum atomic E-state index is -3.60. The number of rotatable bonds is 5. The van der Waals surface area contributed by atoms with Gasteiger partial charge in [0.2, 0.25) is 5.03 Å². The van der Waals surface area contributed by atoms with Gasteiger partial charge in [-0.15, -0.1) is 0 Å². The van der Waals surface area contributed by atoms with E-state index in [0.717, 1.165) is 6.42 Å². The SMILES string of the molecule is CCCN(C(C)C)S(=O)(=O)c1ncn(C)c1Cl. The van der Waals surface area contributed by atoms with Crippen LogP contribution in [0.1, 0.15) is 27.2 Å². The molecule has 0 aliphatic heterocycles. The van der Waals surface area contributed by atoms with Crippen molar-refractivity contribution in [3.8, 4) is 0 Å². The summed E-state index contributed by atoms with van der Waals surface area (Å²) in [6.07, 6.45) is 2.15. The van der Waals surface area contributed by atoms with Gasteiger partial charge >= 0.3 is 0 Å². The van der Waals surface area contributed by atoms with Crippen LogP contribution in [-0.2, 0) is 17.1 Å². The molecule has 0 atom stereocenters. The van der Waals surface area contributed by atoms with Crippen LogP contribution in [0.3, 0.4) is 0 Å². The van der Waals surface area contributed by atoms with Crippen LogP contribution in [-0.4, -0.2) is 34.9 Å². The Labute approximate surface area is 107 Å². The lowest BCUT2D eigenvalue weighted by Gasteiger charge is -2.24. The van der Waals surface area contributed by atoms with Crippen LogP contribution < -0.4 is 0 Å². The maximum absolute atomic E-state index is 12.4. The maximum Gasteiger partial charge on any atom is 0.263 e. The predicted octanol–water partition coefficient (Wildman–Crippen LogP) is 1.88. The van der Waals surface area contributed by atoms with Crippen LogP contribution in [0, 0.1) is 0 Å². The van der Waals surface area contributed by atoms with Crippen LogP contribution in [0.4, 0.5) is 0 Å². The summed E-state index contributed by atoms with van der Waals surface area (Å²) >= 11 is 5.94. The van der Waals surface area contributed by atoms with Gasteiger partial charge in [0, 0.05) is 19.6 Å². The van der Waals surface area contributed by atoms with Crippen LogP contribution in [0.15, 0.2) is 11.4 Å². The number of hydrogen-bond donors (Lipinski definition) is 0. The lowest BCUT2D eigenvalue weighted by molar-refractivity contribution is 0.353. The third-order valence-corrected chi connectivity index (χ3v) is 4.97. The molecule has 0 radical (unpaired) electrons. The topological polar surface area (TPSA) is 55.2 Å². The van der Waals surface area contributed by atoms with Crippen molar-refractivity contribution in [2.24, 2.45) is 7.05 Å². The average molecular weight is 280 g/mol. The fraction of sp³-hybridized carbons (Fsp3) is 0.700. The molecular formula is C10H18ClN3O2S. The summed E-state index contributed by atoms with van der Waals surface area (Å²) in [5.41, 5.74) is 0. The normalized spacial score (nSPS) is 12.6. The molecule has 0 spiro atoms. The molecule has 0 saturated carbocycles. The molecule has 98 valence electrons. The molecular weight excluding hydrogens is 262 g/mol. The first kappa shape index (κ1) is 14.5. The number of hydrogen-bond acceptors (Lipinski definition) is 3. The molecule has 17 heavy (non-hydrogen) atoms. The minimum absolute atomic E-state index is 0.0659. The highest BCUT2D eigenvalue weighted by Crippen LogP contribution is 2.24. The van der Waals surface area contributed by atoms with E-state index in [9.17, 15) is 8.42 Å². The first-order chi connectivity index (χ1) is 7.82. The second kappa shape index (κ2) is 5.37. The van der Waals surface area contributed by atoms with Gasteiger partial charge in [0.15, 0.2) is 0 Å². The minimum Gasteiger partial charge on any atom is -0.324 e. The van der Waals surface area contributed by atoms with Gasteiger partial charge in [0.05, 0.1) is 6.33 Å². The zero-order valence-corrected chi connectivity index (χ0v) is 12.1. The fourth-order valence-corrected chi connectivity index (χ4v) is 3.68. The van der Waals surface area contributed by atoms with Crippen molar-refractivity contribution in [2.45, 2.75) is 38.3 Å². The van der Waals surface area contributed by atoms with Crippen molar-refractivity contribution >= 4 is 21.6 Å². The Bertz CT molecular complexity index is 482. The summed E-state index contributed by atoms with van der Waals surface area (Å²) < 4.78 is 27.6. The highest BCUT2D eigenvalue weighted by molar-refractivity contribution is 7.89. The van der Waals surface area contributed by atoms with Crippen molar-refractivity contribution in [1.82, 2.24) is 13.9 Å². The van der Waals surface area contributed by atoms with Crippen molar-refractivity contribution in [3.63, 3.8) is 0 Å². The Morgan fingerprint density at radius 3 is 2.47 bits per heavy atom. The van der Waals surface area contributed by atoms with Gasteiger partial charge in [-0.2, -0.15) is 4.31 Å². The molecule has 0 unspecified atom stereocenters. The van der Waals surface area contributed by atoms with E-state index in [-0.39, 0.29) is 16.2 Å². The molecule has 1 heterocycles. The molecule has 0 fully saturated rings. The van der Waals surface area contributed by atoms with Gasteiger partial charge in [-0.05, 0) is 20.3 Å². The maximum atomic E-state index is 12.4. The predicted molar refractivity (Wildman–Crippen MR) is 67.5 cm³/mol. The second-order valence-electron chi connectivity index (χ2n) is 4.16. The standard InChI is InChI=1S/C10H18ClN3O2S/c1-5-6-14(8(2)3)17(15,16)10-9(11)13(4)7-12-10/h7-8H,5-6H2,1-4H3. The first-order valence-corrected chi connectivity index (χ1v) is 7.32. The highest BCUT2D eigenvalue weighted by atomic mass is 35.5. The van der Waals surface area contributed by atoms with Crippen LogP contribution in [0.25, 0.3) is 0 Å². The average Bonchev–Trinajstić information content (AvgIpc) is 2.56. The lowest BCUT2D eigenvalue weighted by atomic mass is 10.4. The van der Waals surface area contributed by atoms with Crippen molar-refractivity contribution in [2.75, 3.05) is 6.54 Å². The second-order valence-corrected chi connectivity index (χ2v) is 6.32. The van der Waals surface area contributed by atoms with E-state index < -0.39 is 10.0 Å². The van der Waals surface area contributed by atoms with Crippen molar-refractivity contribution in [1.29, 1.82) is 0 Å². The molecule has 0 aliphatic rings. The molecule has 5 nitrogen and oxygen atoms in total. The van der Waals surface area contributed by atoms with E-state index in [1.54, 1.807) is 7.05 Å². The van der Waals surface area contributed by atoms with Gasteiger partial charge in [0.25, 0.3) is 10.0 Å². The quantitative estimate of drug-likeness (QED) is 0.827. The van der Waals surface area contributed by atoms with E-state index in [1.807, 2.05) is 20.8 Å². The Morgan fingerprint density at radius 1 is 1.53 bits per heavy atom. The Kier molecular flexibility index (Phi) is 4.57. The number of nitrogens with zero attached hydrogens (tertiary/aromatic N) is 3. The number of aromatic nitrogens is 2. The Morgan fingerprint density at radius 2 is 2.12 bits per heavy atom. The van der Waals surface area contributed by atoms with Gasteiger partial charge in [-0.3, -0.25) is 0 Å². The number of aryl methyl sites for hydroxylation is 1. The summed E-state index contributed by atoms with van der Waals surface area (Å²) in [5, 5.41) is 0.0792. The molecule has 1 rings (SSSR count). The van der Waals surface area contributed by atoms with E-state index in [0.29, 0.717) is 6.54 Å². The Hall–Kier alpha value is -0.590. The smallest absolute Gasteiger partial charge is 0.263 e. The van der Waals surface area contributed by atoms with Gasteiger partial charge in [-0.25, -0.2) is 13.4 Å². The van der Waals surface area contributed by atoms with Crippen LogP contribution in [0.5, 0.6) is 0 Å². The summed E-state index contributed by atoms with van der Waals surface area (Å²) in [6, 6.07) is -0.113. The van der Waals surface area contributed by atoms with Crippen molar-refractivity contribution < 1.29 is 8.42 Å².